The summed E-state index contributed by atoms with van der Waals surface area (Å²) in [5, 5.41) is 10.4. The Bertz CT molecular complexity index is 758. The number of hydrogen-bond acceptors (Lipinski definition) is 5. The molecule has 156 valence electrons. The predicted molar refractivity (Wildman–Crippen MR) is 117 cm³/mol. The molecular weight excluding hydrogens is 364 g/mol. The van der Waals surface area contributed by atoms with Crippen LogP contribution in [0.25, 0.3) is 0 Å². The van der Waals surface area contributed by atoms with Gasteiger partial charge in [0, 0.05) is 39.3 Å². The standard InChI is InChI=1S/C24H32N2O3/c1-3-7-20-10-11-23(24(16-20)28-2)29-19-22(27)18-26-14-12-25(13-15-26)17-21-8-5-4-6-9-21/h3-6,8-11,16,22,27H,1,7,12-15,17-19H2,2H3/t22-/m1/s1. The van der Waals surface area contributed by atoms with Crippen molar-refractivity contribution in [2.24, 2.45) is 0 Å². The lowest BCUT2D eigenvalue weighted by Gasteiger charge is -2.35. The van der Waals surface area contributed by atoms with Gasteiger partial charge in [0.25, 0.3) is 0 Å². The molecule has 1 N–H and O–H groups in total. The molecule has 1 aliphatic heterocycles. The van der Waals surface area contributed by atoms with E-state index in [4.69, 9.17) is 9.47 Å². The Morgan fingerprint density at radius 2 is 1.72 bits per heavy atom. The molecule has 2 aromatic rings. The number of nitrogens with zero attached hydrogens (tertiary/aromatic N) is 2. The molecule has 0 unspecified atom stereocenters. The van der Waals surface area contributed by atoms with Crippen molar-refractivity contribution in [3.8, 4) is 11.5 Å². The fraction of sp³-hybridized carbons (Fsp3) is 0.417. The minimum atomic E-state index is -0.534. The highest BCUT2D eigenvalue weighted by molar-refractivity contribution is 5.43. The van der Waals surface area contributed by atoms with E-state index < -0.39 is 6.10 Å². The highest BCUT2D eigenvalue weighted by Gasteiger charge is 2.20. The number of aliphatic hydroxyl groups excluding tert-OH is 1. The van der Waals surface area contributed by atoms with Crippen LogP contribution in [0, 0.1) is 0 Å². The number of benzene rings is 2. The number of piperazine rings is 1. The first-order valence-corrected chi connectivity index (χ1v) is 10.2. The number of rotatable bonds is 10. The van der Waals surface area contributed by atoms with E-state index in [2.05, 4.69) is 46.7 Å². The van der Waals surface area contributed by atoms with Crippen LogP contribution in [0.5, 0.6) is 11.5 Å². The fourth-order valence-corrected chi connectivity index (χ4v) is 3.63. The average molecular weight is 397 g/mol. The van der Waals surface area contributed by atoms with E-state index in [-0.39, 0.29) is 6.61 Å². The fourth-order valence-electron chi connectivity index (χ4n) is 3.63. The molecule has 2 aromatic carbocycles. The quantitative estimate of drug-likeness (QED) is 0.626. The van der Waals surface area contributed by atoms with Crippen LogP contribution in [0.2, 0.25) is 0 Å². The molecule has 1 fully saturated rings. The summed E-state index contributed by atoms with van der Waals surface area (Å²) in [5.41, 5.74) is 2.47. The van der Waals surface area contributed by atoms with Crippen LogP contribution in [-0.4, -0.2) is 67.5 Å². The van der Waals surface area contributed by atoms with Crippen LogP contribution in [0.4, 0.5) is 0 Å². The molecule has 29 heavy (non-hydrogen) atoms. The Kier molecular flexibility index (Phi) is 8.11. The van der Waals surface area contributed by atoms with Gasteiger partial charge in [-0.05, 0) is 29.7 Å². The molecule has 3 rings (SSSR count). The average Bonchev–Trinajstić information content (AvgIpc) is 2.75. The van der Waals surface area contributed by atoms with Crippen molar-refractivity contribution < 1.29 is 14.6 Å². The molecule has 1 heterocycles. The molecule has 1 aliphatic rings. The van der Waals surface area contributed by atoms with Gasteiger partial charge in [0.1, 0.15) is 12.7 Å². The third-order valence-electron chi connectivity index (χ3n) is 5.22. The van der Waals surface area contributed by atoms with Gasteiger partial charge in [-0.15, -0.1) is 6.58 Å². The van der Waals surface area contributed by atoms with Gasteiger partial charge < -0.3 is 14.6 Å². The molecule has 1 atom stereocenters. The third kappa shape index (κ3) is 6.60. The van der Waals surface area contributed by atoms with Gasteiger partial charge in [0.05, 0.1) is 7.11 Å². The van der Waals surface area contributed by atoms with Gasteiger partial charge >= 0.3 is 0 Å². The summed E-state index contributed by atoms with van der Waals surface area (Å²) in [7, 11) is 1.63. The van der Waals surface area contributed by atoms with Crippen LogP contribution >= 0.6 is 0 Å². The Hall–Kier alpha value is -2.34. The minimum absolute atomic E-state index is 0.251. The molecule has 0 saturated carbocycles. The zero-order valence-electron chi connectivity index (χ0n) is 17.3. The summed E-state index contributed by atoms with van der Waals surface area (Å²) in [6.45, 7) is 9.58. The molecule has 0 radical (unpaired) electrons. The van der Waals surface area contributed by atoms with Gasteiger partial charge in [0.15, 0.2) is 11.5 Å². The molecule has 1 saturated heterocycles. The largest absolute Gasteiger partial charge is 0.493 e. The van der Waals surface area contributed by atoms with E-state index >= 15 is 0 Å². The Labute approximate surface area is 174 Å². The summed E-state index contributed by atoms with van der Waals surface area (Å²) in [6, 6.07) is 16.4. The molecule has 0 spiro atoms. The Morgan fingerprint density at radius 1 is 1.00 bits per heavy atom. The highest BCUT2D eigenvalue weighted by atomic mass is 16.5. The number of ether oxygens (including phenoxy) is 2. The smallest absolute Gasteiger partial charge is 0.161 e. The molecular formula is C24H32N2O3. The molecule has 5 nitrogen and oxygen atoms in total. The normalized spacial score (nSPS) is 16.3. The maximum absolute atomic E-state index is 10.4. The van der Waals surface area contributed by atoms with Crippen LogP contribution in [0.15, 0.2) is 61.2 Å². The third-order valence-corrected chi connectivity index (χ3v) is 5.22. The van der Waals surface area contributed by atoms with E-state index in [0.29, 0.717) is 18.0 Å². The van der Waals surface area contributed by atoms with Crippen molar-refractivity contribution in [1.29, 1.82) is 0 Å². The van der Waals surface area contributed by atoms with Crippen molar-refractivity contribution >= 4 is 0 Å². The van der Waals surface area contributed by atoms with Crippen molar-refractivity contribution in [3.63, 3.8) is 0 Å². The highest BCUT2D eigenvalue weighted by Crippen LogP contribution is 2.28. The van der Waals surface area contributed by atoms with Crippen molar-refractivity contribution in [2.75, 3.05) is 46.4 Å². The SMILES string of the molecule is C=CCc1ccc(OC[C@H](O)CN2CCN(Cc3ccccc3)CC2)c(OC)c1. The monoisotopic (exact) mass is 396 g/mol. The zero-order chi connectivity index (χ0) is 20.5. The van der Waals surface area contributed by atoms with E-state index in [1.165, 1.54) is 5.56 Å². The molecule has 0 aliphatic carbocycles. The lowest BCUT2D eigenvalue weighted by Crippen LogP contribution is -2.48. The number of methoxy groups -OCH3 is 1. The van der Waals surface area contributed by atoms with Gasteiger partial charge in [-0.2, -0.15) is 0 Å². The number of allylic oxidation sites excluding steroid dienone is 1. The topological polar surface area (TPSA) is 45.2 Å². The maximum atomic E-state index is 10.4. The lowest BCUT2D eigenvalue weighted by atomic mass is 10.1. The van der Waals surface area contributed by atoms with E-state index in [1.807, 2.05) is 24.3 Å². The summed E-state index contributed by atoms with van der Waals surface area (Å²) in [5.74, 6) is 1.35. The second-order valence-corrected chi connectivity index (χ2v) is 7.51. The Morgan fingerprint density at radius 3 is 2.41 bits per heavy atom. The molecule has 0 bridgehead atoms. The first-order valence-electron chi connectivity index (χ1n) is 10.2. The zero-order valence-corrected chi connectivity index (χ0v) is 17.3. The summed E-state index contributed by atoms with van der Waals surface area (Å²) in [4.78, 5) is 4.77. The summed E-state index contributed by atoms with van der Waals surface area (Å²) < 4.78 is 11.2. The summed E-state index contributed by atoms with van der Waals surface area (Å²) in [6.07, 6.45) is 2.11. The van der Waals surface area contributed by atoms with Gasteiger partial charge in [-0.25, -0.2) is 0 Å². The van der Waals surface area contributed by atoms with Crippen molar-refractivity contribution in [3.05, 3.63) is 72.3 Å². The number of hydrogen-bond donors (Lipinski definition) is 1. The lowest BCUT2D eigenvalue weighted by molar-refractivity contribution is 0.0440. The number of aliphatic hydroxyl groups is 1. The minimum Gasteiger partial charge on any atom is -0.493 e. The first kappa shape index (κ1) is 21.4. The second kappa shape index (κ2) is 11.0. The Balaban J connectivity index is 1.41. The van der Waals surface area contributed by atoms with E-state index in [9.17, 15) is 5.11 Å². The first-order chi connectivity index (χ1) is 14.2. The van der Waals surface area contributed by atoms with Crippen molar-refractivity contribution in [1.82, 2.24) is 9.80 Å². The second-order valence-electron chi connectivity index (χ2n) is 7.51. The number of β-amino-alcohol motifs (C(OH)–C–C–N with tert-alkyl or cyclic N) is 1. The van der Waals surface area contributed by atoms with Crippen LogP contribution in [0.3, 0.4) is 0 Å². The van der Waals surface area contributed by atoms with Crippen molar-refractivity contribution in [2.45, 2.75) is 19.1 Å². The maximum Gasteiger partial charge on any atom is 0.161 e. The van der Waals surface area contributed by atoms with E-state index in [0.717, 1.165) is 44.7 Å². The molecule has 0 aromatic heterocycles. The molecule has 5 heteroatoms. The molecule has 0 amide bonds. The van der Waals surface area contributed by atoms with E-state index in [1.54, 1.807) is 7.11 Å². The van der Waals surface area contributed by atoms with Gasteiger partial charge in [0.2, 0.25) is 0 Å². The van der Waals surface area contributed by atoms with Gasteiger partial charge in [-0.3, -0.25) is 9.80 Å². The van der Waals surface area contributed by atoms with Crippen LogP contribution in [0.1, 0.15) is 11.1 Å². The summed E-state index contributed by atoms with van der Waals surface area (Å²) >= 11 is 0. The predicted octanol–water partition coefficient (Wildman–Crippen LogP) is 2.98. The van der Waals surface area contributed by atoms with Crippen LogP contribution < -0.4 is 9.47 Å². The van der Waals surface area contributed by atoms with Crippen LogP contribution in [-0.2, 0) is 13.0 Å². The van der Waals surface area contributed by atoms with Gasteiger partial charge in [-0.1, -0.05) is 42.5 Å².